The second kappa shape index (κ2) is 10.1. The van der Waals surface area contributed by atoms with Crippen LogP contribution >= 0.6 is 0 Å². The topological polar surface area (TPSA) is 36.9 Å². The van der Waals surface area contributed by atoms with Gasteiger partial charge in [0.2, 0.25) is 0 Å². The van der Waals surface area contributed by atoms with Gasteiger partial charge >= 0.3 is 6.18 Å². The highest BCUT2D eigenvalue weighted by atomic mass is 19.4. The van der Waals surface area contributed by atoms with Gasteiger partial charge < -0.3 is 15.0 Å². The molecule has 1 rings (SSSR count). The van der Waals surface area contributed by atoms with Crippen molar-refractivity contribution < 1.29 is 22.3 Å². The van der Waals surface area contributed by atoms with Crippen LogP contribution in [0.5, 0.6) is 0 Å². The van der Waals surface area contributed by atoms with Crippen molar-refractivity contribution in [2.75, 3.05) is 33.4 Å². The minimum Gasteiger partial charge on any atom is -0.372 e. The molecule has 1 N–H and O–H groups in total. The number of hydrogen-bond donors (Lipinski definition) is 1. The van der Waals surface area contributed by atoms with Gasteiger partial charge in [-0.3, -0.25) is 4.99 Å². The summed E-state index contributed by atoms with van der Waals surface area (Å²) in [7, 11) is 1.84. The zero-order valence-electron chi connectivity index (χ0n) is 13.9. The smallest absolute Gasteiger partial charge is 0.372 e. The van der Waals surface area contributed by atoms with Gasteiger partial charge in [0.25, 0.3) is 0 Å². The molecule has 0 aliphatic heterocycles. The van der Waals surface area contributed by atoms with Gasteiger partial charge in [0.1, 0.15) is 12.4 Å². The zero-order chi connectivity index (χ0) is 18.0. The maximum Gasteiger partial charge on any atom is 0.411 e. The number of benzene rings is 1. The number of ether oxygens (including phenoxy) is 1. The lowest BCUT2D eigenvalue weighted by molar-refractivity contribution is -0.173. The Labute approximate surface area is 139 Å². The summed E-state index contributed by atoms with van der Waals surface area (Å²) in [6, 6.07) is 6.18. The number of alkyl halides is 3. The number of rotatable bonds is 8. The number of nitrogens with zero attached hydrogens (tertiary/aromatic N) is 2. The third-order valence-corrected chi connectivity index (χ3v) is 3.00. The van der Waals surface area contributed by atoms with Crippen LogP contribution in [0.1, 0.15) is 18.9 Å². The first kappa shape index (κ1) is 20.2. The van der Waals surface area contributed by atoms with Crippen molar-refractivity contribution >= 4 is 5.96 Å². The predicted molar refractivity (Wildman–Crippen MR) is 85.3 cm³/mol. The Hall–Kier alpha value is -1.83. The summed E-state index contributed by atoms with van der Waals surface area (Å²) >= 11 is 0. The molecule has 0 aliphatic carbocycles. The van der Waals surface area contributed by atoms with Crippen molar-refractivity contribution in [3.63, 3.8) is 0 Å². The van der Waals surface area contributed by atoms with Gasteiger partial charge in [0.15, 0.2) is 5.96 Å². The fraction of sp³-hybridized carbons (Fsp3) is 0.562. The van der Waals surface area contributed by atoms with E-state index in [2.05, 4.69) is 15.0 Å². The van der Waals surface area contributed by atoms with Crippen molar-refractivity contribution in [1.29, 1.82) is 0 Å². The lowest BCUT2D eigenvalue weighted by Crippen LogP contribution is -2.38. The van der Waals surface area contributed by atoms with E-state index in [0.717, 1.165) is 5.56 Å². The molecule has 4 nitrogen and oxygen atoms in total. The van der Waals surface area contributed by atoms with Gasteiger partial charge in [-0.15, -0.1) is 0 Å². The SMILES string of the molecule is CCNC(=NCCCOCC(F)(F)F)N(C)Cc1ccc(F)cc1. The van der Waals surface area contributed by atoms with Crippen LogP contribution < -0.4 is 5.32 Å². The van der Waals surface area contributed by atoms with E-state index in [1.807, 2.05) is 18.9 Å². The molecule has 0 radical (unpaired) electrons. The molecule has 136 valence electrons. The molecule has 0 saturated heterocycles. The Morgan fingerprint density at radius 1 is 1.25 bits per heavy atom. The van der Waals surface area contributed by atoms with E-state index in [9.17, 15) is 17.6 Å². The van der Waals surface area contributed by atoms with E-state index in [1.54, 1.807) is 12.1 Å². The van der Waals surface area contributed by atoms with Gasteiger partial charge in [0, 0.05) is 33.3 Å². The predicted octanol–water partition coefficient (Wildman–Crippen LogP) is 3.19. The van der Waals surface area contributed by atoms with Crippen LogP contribution in [0.2, 0.25) is 0 Å². The average Bonchev–Trinajstić information content (AvgIpc) is 2.50. The Balaban J connectivity index is 2.44. The molecular weight excluding hydrogens is 326 g/mol. The molecule has 0 bridgehead atoms. The van der Waals surface area contributed by atoms with Crippen molar-refractivity contribution in [2.45, 2.75) is 26.1 Å². The molecule has 0 amide bonds. The molecular formula is C16H23F4N3O. The summed E-state index contributed by atoms with van der Waals surface area (Å²) in [6.45, 7) is 2.25. The lowest BCUT2D eigenvalue weighted by atomic mass is 10.2. The first-order chi connectivity index (χ1) is 11.3. The van der Waals surface area contributed by atoms with Crippen LogP contribution in [0.3, 0.4) is 0 Å². The summed E-state index contributed by atoms with van der Waals surface area (Å²) in [5.41, 5.74) is 0.929. The molecule has 1 aromatic rings. The number of halogens is 4. The number of aliphatic imine (C=N–C) groups is 1. The minimum atomic E-state index is -4.30. The average molecular weight is 349 g/mol. The number of guanidine groups is 1. The summed E-state index contributed by atoms with van der Waals surface area (Å²) in [5, 5.41) is 3.11. The summed E-state index contributed by atoms with van der Waals surface area (Å²) in [6.07, 6.45) is -3.90. The molecule has 0 saturated carbocycles. The first-order valence-corrected chi connectivity index (χ1v) is 7.70. The van der Waals surface area contributed by atoms with Crippen LogP contribution in [0, 0.1) is 5.82 Å². The maximum atomic E-state index is 12.9. The van der Waals surface area contributed by atoms with Crippen molar-refractivity contribution in [3.05, 3.63) is 35.6 Å². The molecule has 0 aromatic heterocycles. The van der Waals surface area contributed by atoms with E-state index < -0.39 is 12.8 Å². The molecule has 24 heavy (non-hydrogen) atoms. The highest BCUT2D eigenvalue weighted by Gasteiger charge is 2.27. The fourth-order valence-electron chi connectivity index (χ4n) is 1.95. The Kier molecular flexibility index (Phi) is 8.53. The van der Waals surface area contributed by atoms with Crippen molar-refractivity contribution in [2.24, 2.45) is 4.99 Å². The van der Waals surface area contributed by atoms with Gasteiger partial charge in [-0.1, -0.05) is 12.1 Å². The van der Waals surface area contributed by atoms with E-state index in [-0.39, 0.29) is 12.4 Å². The third kappa shape index (κ3) is 8.71. The van der Waals surface area contributed by atoms with Gasteiger partial charge in [-0.25, -0.2) is 4.39 Å². The summed E-state index contributed by atoms with van der Waals surface area (Å²) in [4.78, 5) is 6.23. The summed E-state index contributed by atoms with van der Waals surface area (Å²) in [5.74, 6) is 0.346. The van der Waals surface area contributed by atoms with E-state index in [4.69, 9.17) is 0 Å². The van der Waals surface area contributed by atoms with Crippen LogP contribution in [-0.2, 0) is 11.3 Å². The fourth-order valence-corrected chi connectivity index (χ4v) is 1.95. The zero-order valence-corrected chi connectivity index (χ0v) is 13.9. The van der Waals surface area contributed by atoms with Crippen LogP contribution in [0.15, 0.2) is 29.3 Å². The van der Waals surface area contributed by atoms with Crippen molar-refractivity contribution in [1.82, 2.24) is 10.2 Å². The highest BCUT2D eigenvalue weighted by molar-refractivity contribution is 5.79. The molecule has 1 aromatic carbocycles. The molecule has 0 fully saturated rings. The Morgan fingerprint density at radius 2 is 1.92 bits per heavy atom. The van der Waals surface area contributed by atoms with Crippen LogP contribution in [0.4, 0.5) is 17.6 Å². The molecule has 0 aliphatic rings. The van der Waals surface area contributed by atoms with Crippen LogP contribution in [0.25, 0.3) is 0 Å². The first-order valence-electron chi connectivity index (χ1n) is 7.70. The molecule has 0 spiro atoms. The number of hydrogen-bond acceptors (Lipinski definition) is 2. The second-order valence-electron chi connectivity index (χ2n) is 5.24. The molecule has 0 heterocycles. The Morgan fingerprint density at radius 3 is 2.50 bits per heavy atom. The molecule has 0 unspecified atom stereocenters. The maximum absolute atomic E-state index is 12.9. The highest BCUT2D eigenvalue weighted by Crippen LogP contribution is 2.14. The third-order valence-electron chi connectivity index (χ3n) is 3.00. The Bertz CT molecular complexity index is 503. The number of nitrogens with one attached hydrogen (secondary N) is 1. The summed E-state index contributed by atoms with van der Waals surface area (Å²) < 4.78 is 53.3. The second-order valence-corrected chi connectivity index (χ2v) is 5.24. The standard InChI is InChI=1S/C16H23F4N3O/c1-3-21-15(22-9-4-10-24-12-16(18,19)20)23(2)11-13-5-7-14(17)8-6-13/h5-8H,3-4,9-12H2,1-2H3,(H,21,22). The normalized spacial score (nSPS) is 12.3. The monoisotopic (exact) mass is 349 g/mol. The van der Waals surface area contributed by atoms with E-state index in [0.29, 0.717) is 32.0 Å². The molecule has 0 atom stereocenters. The van der Waals surface area contributed by atoms with E-state index >= 15 is 0 Å². The van der Waals surface area contributed by atoms with Gasteiger partial charge in [0.05, 0.1) is 0 Å². The van der Waals surface area contributed by atoms with E-state index in [1.165, 1.54) is 12.1 Å². The van der Waals surface area contributed by atoms with Gasteiger partial charge in [-0.05, 0) is 31.0 Å². The lowest BCUT2D eigenvalue weighted by Gasteiger charge is -2.22. The molecule has 8 heteroatoms. The van der Waals surface area contributed by atoms with Crippen LogP contribution in [-0.4, -0.2) is 50.4 Å². The quantitative estimate of drug-likeness (QED) is 0.339. The minimum absolute atomic E-state index is 0.00406. The largest absolute Gasteiger partial charge is 0.411 e. The van der Waals surface area contributed by atoms with Gasteiger partial charge in [-0.2, -0.15) is 13.2 Å². The van der Waals surface area contributed by atoms with Crippen molar-refractivity contribution in [3.8, 4) is 0 Å².